The van der Waals surface area contributed by atoms with Crippen molar-refractivity contribution >= 4 is 17.9 Å². The highest BCUT2D eigenvalue weighted by atomic mass is 16.7. The van der Waals surface area contributed by atoms with E-state index in [2.05, 4.69) is 98.9 Å². The maximum absolute atomic E-state index is 12.8. The molecule has 0 saturated heterocycles. The summed E-state index contributed by atoms with van der Waals surface area (Å²) in [5.41, 5.74) is 0. The van der Waals surface area contributed by atoms with Crippen LogP contribution in [0.15, 0.2) is 85.1 Å². The van der Waals surface area contributed by atoms with E-state index in [-0.39, 0.29) is 32.2 Å². The number of carbonyl (C=O) groups is 3. The minimum absolute atomic E-state index is 0.177. The van der Waals surface area contributed by atoms with Crippen molar-refractivity contribution in [3.63, 3.8) is 0 Å². The fraction of sp³-hybridized carbons (Fsp3) is 0.685. The molecule has 0 aromatic heterocycles. The molecule has 63 heavy (non-hydrogen) atoms. The summed E-state index contributed by atoms with van der Waals surface area (Å²) in [7, 11) is 5.94. The number of carbonyl (C=O) groups excluding carboxylic acids is 2. The largest absolute Gasteiger partial charge is 0.477 e. The van der Waals surface area contributed by atoms with E-state index in [4.69, 9.17) is 18.9 Å². The molecule has 9 heteroatoms. The molecule has 0 rings (SSSR count). The van der Waals surface area contributed by atoms with Crippen LogP contribution in [0.1, 0.15) is 181 Å². The zero-order chi connectivity index (χ0) is 46.3. The van der Waals surface area contributed by atoms with Gasteiger partial charge in [0.25, 0.3) is 6.29 Å². The van der Waals surface area contributed by atoms with Gasteiger partial charge in [0.2, 0.25) is 0 Å². The topological polar surface area (TPSA) is 108 Å². The van der Waals surface area contributed by atoms with Crippen LogP contribution in [0.5, 0.6) is 0 Å². The third kappa shape index (κ3) is 46.3. The van der Waals surface area contributed by atoms with Crippen LogP contribution in [0, 0.1) is 0 Å². The normalized spacial score (nSPS) is 13.6. The highest BCUT2D eigenvalue weighted by Crippen LogP contribution is 2.14. The molecule has 1 N–H and O–H groups in total. The number of unbranched alkanes of at least 4 members (excludes halogenated alkanes) is 15. The Morgan fingerprint density at radius 2 is 0.905 bits per heavy atom. The van der Waals surface area contributed by atoms with Crippen molar-refractivity contribution in [3.05, 3.63) is 85.1 Å². The van der Waals surface area contributed by atoms with Crippen LogP contribution < -0.4 is 0 Å². The standard InChI is InChI=1S/C54H91NO8/c1-6-8-10-12-14-16-18-20-21-22-23-24-25-26-27-28-29-30-31-33-35-37-39-41-43-45-52(57)63-50(49-62-54(53(58)59)60-47-46-55(3,4)5)48-61-51(56)44-42-40-38-36-34-32-19-17-15-13-11-9-7-2/h8,10,14,16,20-21,23-24,26-27,29-30,33,35,50,54H,6-7,9,11-13,15,17-19,22,25,28,31-32,34,36-49H2,1-5H3/p+1/b10-8-,16-14-,21-20-,24-23-,27-26-,30-29-,35-33-. The predicted octanol–water partition coefficient (Wildman–Crippen LogP) is 13.7. The van der Waals surface area contributed by atoms with Gasteiger partial charge in [-0.05, 0) is 70.6 Å². The molecule has 0 aliphatic heterocycles. The van der Waals surface area contributed by atoms with Crippen LogP contribution in [0.2, 0.25) is 0 Å². The first-order chi connectivity index (χ1) is 30.6. The number of esters is 2. The quantitative estimate of drug-likeness (QED) is 0.0212. The van der Waals surface area contributed by atoms with Gasteiger partial charge in [0.05, 0.1) is 34.4 Å². The lowest BCUT2D eigenvalue weighted by Crippen LogP contribution is -2.40. The summed E-state index contributed by atoms with van der Waals surface area (Å²) in [6.45, 7) is 4.70. The van der Waals surface area contributed by atoms with Gasteiger partial charge in [-0.25, -0.2) is 4.79 Å². The summed E-state index contributed by atoms with van der Waals surface area (Å²) >= 11 is 0. The van der Waals surface area contributed by atoms with E-state index < -0.39 is 24.3 Å². The fourth-order valence-electron chi connectivity index (χ4n) is 6.34. The second-order valence-electron chi connectivity index (χ2n) is 17.4. The van der Waals surface area contributed by atoms with Crippen LogP contribution >= 0.6 is 0 Å². The zero-order valence-corrected chi connectivity index (χ0v) is 40.7. The van der Waals surface area contributed by atoms with Gasteiger partial charge in [0.15, 0.2) is 6.10 Å². The van der Waals surface area contributed by atoms with Crippen molar-refractivity contribution in [3.8, 4) is 0 Å². The van der Waals surface area contributed by atoms with Crippen LogP contribution in [0.4, 0.5) is 0 Å². The summed E-state index contributed by atoms with van der Waals surface area (Å²) in [5.74, 6) is -2.06. The van der Waals surface area contributed by atoms with Gasteiger partial charge in [-0.1, -0.05) is 182 Å². The van der Waals surface area contributed by atoms with Gasteiger partial charge in [-0.15, -0.1) is 0 Å². The van der Waals surface area contributed by atoms with E-state index in [0.29, 0.717) is 23.9 Å². The Labute approximate surface area is 385 Å². The molecular weight excluding hydrogens is 791 g/mol. The van der Waals surface area contributed by atoms with Gasteiger partial charge in [0, 0.05) is 12.8 Å². The van der Waals surface area contributed by atoms with Crippen LogP contribution in [-0.2, 0) is 33.3 Å². The van der Waals surface area contributed by atoms with E-state index in [1.165, 1.54) is 64.2 Å². The van der Waals surface area contributed by atoms with Gasteiger partial charge >= 0.3 is 17.9 Å². The van der Waals surface area contributed by atoms with Gasteiger partial charge < -0.3 is 28.5 Å². The predicted molar refractivity (Wildman–Crippen MR) is 262 cm³/mol. The lowest BCUT2D eigenvalue weighted by atomic mass is 10.0. The molecule has 0 aromatic carbocycles. The van der Waals surface area contributed by atoms with Crippen LogP contribution in [0.25, 0.3) is 0 Å². The van der Waals surface area contributed by atoms with Crippen molar-refractivity contribution in [2.75, 3.05) is 47.5 Å². The maximum Gasteiger partial charge on any atom is 0.361 e. The number of allylic oxidation sites excluding steroid dienone is 14. The second kappa shape index (κ2) is 45.1. The molecule has 0 fully saturated rings. The van der Waals surface area contributed by atoms with Gasteiger partial charge in [-0.3, -0.25) is 9.59 Å². The average Bonchev–Trinajstić information content (AvgIpc) is 3.24. The van der Waals surface area contributed by atoms with Gasteiger partial charge in [0.1, 0.15) is 13.2 Å². The molecule has 9 nitrogen and oxygen atoms in total. The summed E-state index contributed by atoms with van der Waals surface area (Å²) in [6, 6.07) is 0. The molecule has 0 heterocycles. The molecule has 0 aromatic rings. The van der Waals surface area contributed by atoms with Gasteiger partial charge in [-0.2, -0.15) is 0 Å². The SMILES string of the molecule is CC/C=C\C/C=C\C/C=C\C/C=C\C/C=C\C/C=C\C/C=C\CCCCCC(=O)OC(COC(=O)CCCCCCCCCCCCCCC)COC(OCC[N+](C)(C)C)C(=O)O. The summed E-state index contributed by atoms with van der Waals surface area (Å²) in [6.07, 6.45) is 55.0. The lowest BCUT2D eigenvalue weighted by molar-refractivity contribution is -0.870. The summed E-state index contributed by atoms with van der Waals surface area (Å²) in [4.78, 5) is 37.2. The van der Waals surface area contributed by atoms with Crippen molar-refractivity contribution in [2.24, 2.45) is 0 Å². The number of carboxylic acid groups (broad SMARTS) is 1. The first-order valence-electron chi connectivity index (χ1n) is 24.8. The summed E-state index contributed by atoms with van der Waals surface area (Å²) in [5, 5.41) is 9.65. The smallest absolute Gasteiger partial charge is 0.361 e. The van der Waals surface area contributed by atoms with Crippen molar-refractivity contribution < 1.29 is 42.9 Å². The molecule has 2 atom stereocenters. The minimum atomic E-state index is -1.52. The monoisotopic (exact) mass is 883 g/mol. The Kier molecular flexibility index (Phi) is 42.5. The minimum Gasteiger partial charge on any atom is -0.477 e. The molecule has 0 bridgehead atoms. The lowest BCUT2D eigenvalue weighted by Gasteiger charge is -2.25. The van der Waals surface area contributed by atoms with Crippen molar-refractivity contribution in [2.45, 2.75) is 193 Å². The first kappa shape index (κ1) is 59.5. The van der Waals surface area contributed by atoms with E-state index in [9.17, 15) is 19.5 Å². The molecule has 0 saturated carbocycles. The zero-order valence-electron chi connectivity index (χ0n) is 40.7. The molecule has 0 spiro atoms. The number of hydrogen-bond acceptors (Lipinski definition) is 7. The second-order valence-corrected chi connectivity index (χ2v) is 17.4. The number of likely N-dealkylation sites (N-methyl/N-ethyl adjacent to an activating group) is 1. The summed E-state index contributed by atoms with van der Waals surface area (Å²) < 4.78 is 22.7. The number of quaternary nitrogens is 1. The fourth-order valence-corrected chi connectivity index (χ4v) is 6.34. The number of ether oxygens (including phenoxy) is 4. The van der Waals surface area contributed by atoms with E-state index in [1.807, 2.05) is 21.1 Å². The molecule has 360 valence electrons. The number of hydrogen-bond donors (Lipinski definition) is 1. The Morgan fingerprint density at radius 1 is 0.492 bits per heavy atom. The van der Waals surface area contributed by atoms with E-state index in [0.717, 1.165) is 83.5 Å². The van der Waals surface area contributed by atoms with Crippen molar-refractivity contribution in [1.29, 1.82) is 0 Å². The van der Waals surface area contributed by atoms with E-state index >= 15 is 0 Å². The molecule has 0 amide bonds. The number of rotatable bonds is 44. The Hall–Kier alpha value is -3.53. The Morgan fingerprint density at radius 3 is 1.35 bits per heavy atom. The molecule has 0 aliphatic rings. The molecule has 2 unspecified atom stereocenters. The average molecular weight is 883 g/mol. The first-order valence-corrected chi connectivity index (χ1v) is 24.8. The highest BCUT2D eigenvalue weighted by Gasteiger charge is 2.25. The molecular formula is C54H92NO8+. The van der Waals surface area contributed by atoms with Crippen LogP contribution in [-0.4, -0.2) is 87.4 Å². The van der Waals surface area contributed by atoms with E-state index in [1.54, 1.807) is 0 Å². The third-order valence-electron chi connectivity index (χ3n) is 10.2. The number of aliphatic carboxylic acids is 1. The number of nitrogens with zero attached hydrogens (tertiary/aromatic N) is 1. The molecule has 0 aliphatic carbocycles. The number of carboxylic acids is 1. The third-order valence-corrected chi connectivity index (χ3v) is 10.2. The maximum atomic E-state index is 12.8. The molecule has 0 radical (unpaired) electrons. The van der Waals surface area contributed by atoms with Crippen molar-refractivity contribution in [1.82, 2.24) is 0 Å². The van der Waals surface area contributed by atoms with Crippen LogP contribution in [0.3, 0.4) is 0 Å². The Balaban J connectivity index is 4.44. The Bertz CT molecular complexity index is 1300. The highest BCUT2D eigenvalue weighted by molar-refractivity contribution is 5.71.